The first-order valence-electron chi connectivity index (χ1n) is 11.3. The smallest absolute Gasteiger partial charge is 0.415 e. The van der Waals surface area contributed by atoms with Crippen LogP contribution in [0.15, 0.2) is 48.5 Å². The number of amides is 2. The Kier molecular flexibility index (Phi) is 6.40. The van der Waals surface area contributed by atoms with Crippen LogP contribution >= 0.6 is 11.6 Å². The van der Waals surface area contributed by atoms with E-state index in [0.717, 1.165) is 16.9 Å². The molecule has 3 heterocycles. The molecule has 2 N–H and O–H groups in total. The van der Waals surface area contributed by atoms with E-state index in [1.807, 2.05) is 29.2 Å². The van der Waals surface area contributed by atoms with E-state index in [0.29, 0.717) is 49.9 Å². The van der Waals surface area contributed by atoms with Crippen molar-refractivity contribution in [2.45, 2.75) is 12.0 Å². The Morgan fingerprint density at radius 1 is 1.18 bits per heavy atom. The second kappa shape index (κ2) is 9.61. The maximum absolute atomic E-state index is 12.6. The molecule has 2 saturated heterocycles. The van der Waals surface area contributed by atoms with E-state index in [2.05, 4.69) is 15.3 Å². The van der Waals surface area contributed by atoms with Crippen LogP contribution in [-0.2, 0) is 20.7 Å². The molecule has 9 nitrogen and oxygen atoms in total. The highest BCUT2D eigenvalue weighted by Gasteiger charge is 2.48. The number of rotatable bonds is 6. The average Bonchev–Trinajstić information content (AvgIpc) is 3.31. The first-order valence-corrected chi connectivity index (χ1v) is 11.6. The molecule has 178 valence electrons. The zero-order chi connectivity index (χ0) is 23.5. The van der Waals surface area contributed by atoms with E-state index in [4.69, 9.17) is 21.1 Å². The summed E-state index contributed by atoms with van der Waals surface area (Å²) in [5.74, 6) is 0.746. The van der Waals surface area contributed by atoms with Crippen LogP contribution in [0, 0.1) is 0 Å². The van der Waals surface area contributed by atoms with Gasteiger partial charge in [-0.05, 0) is 36.4 Å². The second-order valence-corrected chi connectivity index (χ2v) is 9.11. The average molecular weight is 484 g/mol. The fourth-order valence-corrected chi connectivity index (χ4v) is 4.55. The third-order valence-electron chi connectivity index (χ3n) is 6.03. The standard InChI is InChI=1S/C24H26ClN5O4/c25-17-5-7-18(8-6-17)30-15-24(34-23(30)32)14-29(11-12-33-16-24)13-22(31)26-10-9-21-27-19-3-1-2-4-20(19)28-21/h1-8H,9-16H2,(H,26,31)(H,27,28)/t24-/m1/s1. The Morgan fingerprint density at radius 3 is 2.82 bits per heavy atom. The van der Waals surface area contributed by atoms with Gasteiger partial charge in [0.2, 0.25) is 5.91 Å². The first kappa shape index (κ1) is 22.6. The summed E-state index contributed by atoms with van der Waals surface area (Å²) in [5.41, 5.74) is 1.78. The van der Waals surface area contributed by atoms with Crippen molar-refractivity contribution in [1.29, 1.82) is 0 Å². The lowest BCUT2D eigenvalue weighted by Crippen LogP contribution is -2.50. The van der Waals surface area contributed by atoms with Gasteiger partial charge in [-0.15, -0.1) is 0 Å². The first-order chi connectivity index (χ1) is 16.5. The Morgan fingerprint density at radius 2 is 2.00 bits per heavy atom. The number of nitrogens with one attached hydrogen (secondary N) is 2. The van der Waals surface area contributed by atoms with Crippen LogP contribution in [0.4, 0.5) is 10.5 Å². The highest BCUT2D eigenvalue weighted by atomic mass is 35.5. The molecule has 1 spiro atoms. The molecule has 2 aliphatic rings. The second-order valence-electron chi connectivity index (χ2n) is 8.68. The van der Waals surface area contributed by atoms with Gasteiger partial charge in [0.1, 0.15) is 5.82 Å². The van der Waals surface area contributed by atoms with Crippen molar-refractivity contribution in [2.75, 3.05) is 50.8 Å². The van der Waals surface area contributed by atoms with Gasteiger partial charge in [0, 0.05) is 36.8 Å². The molecule has 2 aliphatic heterocycles. The van der Waals surface area contributed by atoms with Crippen LogP contribution < -0.4 is 10.2 Å². The minimum Gasteiger partial charge on any atom is -0.437 e. The Balaban J connectivity index is 1.16. The number of nitrogens with zero attached hydrogens (tertiary/aromatic N) is 3. The van der Waals surface area contributed by atoms with Crippen LogP contribution in [-0.4, -0.2) is 78.4 Å². The summed E-state index contributed by atoms with van der Waals surface area (Å²) in [7, 11) is 0. The van der Waals surface area contributed by atoms with Crippen molar-refractivity contribution in [2.24, 2.45) is 0 Å². The number of carbonyl (C=O) groups is 2. The highest BCUT2D eigenvalue weighted by molar-refractivity contribution is 6.30. The molecule has 0 unspecified atom stereocenters. The molecule has 2 aromatic carbocycles. The van der Waals surface area contributed by atoms with Crippen molar-refractivity contribution < 1.29 is 19.1 Å². The molecular formula is C24H26ClN5O4. The van der Waals surface area contributed by atoms with Crippen LogP contribution in [0.3, 0.4) is 0 Å². The van der Waals surface area contributed by atoms with Gasteiger partial charge in [-0.2, -0.15) is 0 Å². The fourth-order valence-electron chi connectivity index (χ4n) is 4.42. The lowest BCUT2D eigenvalue weighted by molar-refractivity contribution is -0.122. The summed E-state index contributed by atoms with van der Waals surface area (Å²) in [5, 5.41) is 3.56. The molecule has 2 amide bonds. The fraction of sp³-hybridized carbons (Fsp3) is 0.375. The van der Waals surface area contributed by atoms with Crippen molar-refractivity contribution in [1.82, 2.24) is 20.2 Å². The topological polar surface area (TPSA) is 99.8 Å². The summed E-state index contributed by atoms with van der Waals surface area (Å²) in [6.45, 7) is 2.77. The maximum atomic E-state index is 12.6. The number of carbonyl (C=O) groups excluding carboxylic acids is 2. The number of imidazole rings is 1. The summed E-state index contributed by atoms with van der Waals surface area (Å²) >= 11 is 5.97. The lowest BCUT2D eigenvalue weighted by Gasteiger charge is -2.29. The third kappa shape index (κ3) is 5.01. The largest absolute Gasteiger partial charge is 0.437 e. The minimum absolute atomic E-state index is 0.0907. The molecule has 2 fully saturated rings. The summed E-state index contributed by atoms with van der Waals surface area (Å²) in [6.07, 6.45) is 0.185. The van der Waals surface area contributed by atoms with Gasteiger partial charge in [0.25, 0.3) is 0 Å². The number of hydrogen-bond acceptors (Lipinski definition) is 6. The van der Waals surface area contributed by atoms with Crippen molar-refractivity contribution in [3.05, 3.63) is 59.4 Å². The van der Waals surface area contributed by atoms with E-state index in [-0.39, 0.29) is 19.1 Å². The molecular weight excluding hydrogens is 458 g/mol. The maximum Gasteiger partial charge on any atom is 0.415 e. The van der Waals surface area contributed by atoms with Gasteiger partial charge in [-0.1, -0.05) is 23.7 Å². The number of benzene rings is 2. The molecule has 0 bridgehead atoms. The zero-order valence-electron chi connectivity index (χ0n) is 18.6. The van der Waals surface area contributed by atoms with Crippen molar-refractivity contribution in [3.63, 3.8) is 0 Å². The van der Waals surface area contributed by atoms with Crippen LogP contribution in [0.2, 0.25) is 5.02 Å². The van der Waals surface area contributed by atoms with Gasteiger partial charge < -0.3 is 19.8 Å². The van der Waals surface area contributed by atoms with Crippen molar-refractivity contribution in [3.8, 4) is 0 Å². The molecule has 3 aromatic rings. The summed E-state index contributed by atoms with van der Waals surface area (Å²) in [6, 6.07) is 14.9. The molecule has 34 heavy (non-hydrogen) atoms. The number of aromatic amines is 1. The van der Waals surface area contributed by atoms with E-state index >= 15 is 0 Å². The normalized spacial score (nSPS) is 21.1. The Hall–Kier alpha value is -3.14. The highest BCUT2D eigenvalue weighted by Crippen LogP contribution is 2.31. The van der Waals surface area contributed by atoms with Gasteiger partial charge >= 0.3 is 6.09 Å². The van der Waals surface area contributed by atoms with E-state index < -0.39 is 11.7 Å². The Bertz CT molecular complexity index is 1150. The van der Waals surface area contributed by atoms with E-state index in [1.54, 1.807) is 29.2 Å². The molecule has 1 aromatic heterocycles. The van der Waals surface area contributed by atoms with Gasteiger partial charge in [0.05, 0.1) is 37.3 Å². The molecule has 0 radical (unpaired) electrons. The number of fused-ring (bicyclic) bond motifs is 1. The number of ether oxygens (including phenoxy) is 2. The monoisotopic (exact) mass is 483 g/mol. The van der Waals surface area contributed by atoms with Crippen LogP contribution in [0.25, 0.3) is 11.0 Å². The number of hydrogen-bond donors (Lipinski definition) is 2. The Labute approximate surface area is 202 Å². The number of anilines is 1. The molecule has 5 rings (SSSR count). The van der Waals surface area contributed by atoms with Gasteiger partial charge in [0.15, 0.2) is 5.60 Å². The SMILES string of the molecule is O=C(CN1CCOC[C@@]2(C1)CN(c1ccc(Cl)cc1)C(=O)O2)NCCc1nc2ccccc2[nH]1. The lowest BCUT2D eigenvalue weighted by atomic mass is 10.0. The minimum atomic E-state index is -0.832. The summed E-state index contributed by atoms with van der Waals surface area (Å²) in [4.78, 5) is 36.6. The molecule has 1 atom stereocenters. The van der Waals surface area contributed by atoms with Crippen LogP contribution in [0.1, 0.15) is 5.82 Å². The van der Waals surface area contributed by atoms with Crippen molar-refractivity contribution >= 4 is 40.3 Å². The summed E-state index contributed by atoms with van der Waals surface area (Å²) < 4.78 is 11.5. The number of aromatic nitrogens is 2. The van der Waals surface area contributed by atoms with E-state index in [9.17, 15) is 9.59 Å². The predicted octanol–water partition coefficient (Wildman–Crippen LogP) is 2.60. The zero-order valence-corrected chi connectivity index (χ0v) is 19.4. The quantitative estimate of drug-likeness (QED) is 0.559. The van der Waals surface area contributed by atoms with Gasteiger partial charge in [-0.3, -0.25) is 14.6 Å². The van der Waals surface area contributed by atoms with Gasteiger partial charge in [-0.25, -0.2) is 9.78 Å². The molecule has 0 saturated carbocycles. The molecule has 10 heteroatoms. The third-order valence-corrected chi connectivity index (χ3v) is 6.28. The number of para-hydroxylation sites is 2. The van der Waals surface area contributed by atoms with E-state index in [1.165, 1.54) is 0 Å². The predicted molar refractivity (Wildman–Crippen MR) is 128 cm³/mol. The number of H-pyrrole nitrogens is 1. The van der Waals surface area contributed by atoms with Crippen LogP contribution in [0.5, 0.6) is 0 Å². The molecule has 0 aliphatic carbocycles. The number of halogens is 1.